The smallest absolute Gasteiger partial charge is 0.223 e. The van der Waals surface area contributed by atoms with Crippen molar-refractivity contribution in [1.82, 2.24) is 5.32 Å². The van der Waals surface area contributed by atoms with Crippen molar-refractivity contribution in [3.05, 3.63) is 35.3 Å². The molecule has 0 fully saturated rings. The predicted octanol–water partition coefficient (Wildman–Crippen LogP) is 2.79. The Hall–Kier alpha value is -1.55. The third-order valence-corrected chi connectivity index (χ3v) is 3.80. The first-order valence-corrected chi connectivity index (χ1v) is 7.25. The summed E-state index contributed by atoms with van der Waals surface area (Å²) in [5, 5.41) is 13.0. The van der Waals surface area contributed by atoms with Gasteiger partial charge < -0.3 is 14.8 Å². The molecule has 1 heterocycles. The first-order chi connectivity index (χ1) is 9.58. The first kappa shape index (κ1) is 14.9. The van der Waals surface area contributed by atoms with Crippen LogP contribution in [0.25, 0.3) is 0 Å². The molecule has 0 saturated carbocycles. The zero-order valence-corrected chi connectivity index (χ0v) is 12.2. The van der Waals surface area contributed by atoms with E-state index in [9.17, 15) is 9.90 Å². The van der Waals surface area contributed by atoms with Gasteiger partial charge in [0.1, 0.15) is 11.5 Å². The summed E-state index contributed by atoms with van der Waals surface area (Å²) in [5.74, 6) is 1.74. The molecule has 20 heavy (non-hydrogen) atoms. The number of carbonyl (C=O) groups excluding carboxylic acids is 1. The monoisotopic (exact) mass is 277 g/mol. The molecule has 4 nitrogen and oxygen atoms in total. The quantitative estimate of drug-likeness (QED) is 0.813. The summed E-state index contributed by atoms with van der Waals surface area (Å²) in [4.78, 5) is 11.9. The summed E-state index contributed by atoms with van der Waals surface area (Å²) in [5.41, 5.74) is 0.817. The van der Waals surface area contributed by atoms with Gasteiger partial charge >= 0.3 is 0 Å². The topological polar surface area (TPSA) is 62.5 Å². The number of aliphatic hydroxyl groups excluding tert-OH is 1. The van der Waals surface area contributed by atoms with Crippen LogP contribution in [0.3, 0.4) is 0 Å². The molecule has 0 radical (unpaired) electrons. The van der Waals surface area contributed by atoms with Gasteiger partial charge in [0.15, 0.2) is 0 Å². The van der Waals surface area contributed by atoms with Crippen molar-refractivity contribution in [2.24, 2.45) is 5.92 Å². The molecular weight excluding hydrogens is 254 g/mol. The highest BCUT2D eigenvalue weighted by Crippen LogP contribution is 2.23. The molecule has 1 aromatic heterocycles. The normalized spacial score (nSPS) is 19.9. The summed E-state index contributed by atoms with van der Waals surface area (Å²) in [6, 6.07) is 1.85. The molecular formula is C16H23NO3. The standard InChI is InChI=1S/C16H23NO3/c1-11-10-14(12(2)20-11)15(18)8-9-17-16(19)13-6-4-3-5-7-13/h3-4,10,13,15,18H,5-9H2,1-2H3,(H,17,19)/t13-,15+/m1/s1. The van der Waals surface area contributed by atoms with E-state index < -0.39 is 6.10 Å². The van der Waals surface area contributed by atoms with E-state index in [4.69, 9.17) is 4.42 Å². The second kappa shape index (κ2) is 6.75. The van der Waals surface area contributed by atoms with Crippen molar-refractivity contribution in [1.29, 1.82) is 0 Å². The molecule has 1 amide bonds. The van der Waals surface area contributed by atoms with E-state index in [1.165, 1.54) is 0 Å². The van der Waals surface area contributed by atoms with Crippen LogP contribution in [0.5, 0.6) is 0 Å². The van der Waals surface area contributed by atoms with Crippen LogP contribution in [0.15, 0.2) is 22.6 Å². The Bertz CT molecular complexity index is 490. The molecule has 0 aliphatic heterocycles. The molecule has 2 N–H and O–H groups in total. The summed E-state index contributed by atoms with van der Waals surface area (Å²) < 4.78 is 5.40. The molecule has 0 saturated heterocycles. The third kappa shape index (κ3) is 3.73. The Morgan fingerprint density at radius 1 is 1.50 bits per heavy atom. The Kier molecular flexibility index (Phi) is 5.01. The van der Waals surface area contributed by atoms with Gasteiger partial charge in [0.25, 0.3) is 0 Å². The Balaban J connectivity index is 1.76. The largest absolute Gasteiger partial charge is 0.466 e. The fraction of sp³-hybridized carbons (Fsp3) is 0.562. The fourth-order valence-electron chi connectivity index (χ4n) is 2.64. The molecule has 110 valence electrons. The molecule has 0 unspecified atom stereocenters. The van der Waals surface area contributed by atoms with E-state index in [1.54, 1.807) is 0 Å². The van der Waals surface area contributed by atoms with Gasteiger partial charge in [0, 0.05) is 18.0 Å². The molecule has 1 aliphatic carbocycles. The van der Waals surface area contributed by atoms with Crippen LogP contribution in [0.4, 0.5) is 0 Å². The van der Waals surface area contributed by atoms with E-state index in [0.717, 1.165) is 36.3 Å². The maximum atomic E-state index is 11.9. The summed E-state index contributed by atoms with van der Waals surface area (Å²) in [7, 11) is 0. The van der Waals surface area contributed by atoms with Gasteiger partial charge in [-0.05, 0) is 45.6 Å². The molecule has 1 aromatic rings. The van der Waals surface area contributed by atoms with Gasteiger partial charge in [-0.1, -0.05) is 12.2 Å². The number of amides is 1. The first-order valence-electron chi connectivity index (χ1n) is 7.25. The van der Waals surface area contributed by atoms with Gasteiger partial charge in [-0.15, -0.1) is 0 Å². The molecule has 0 spiro atoms. The van der Waals surface area contributed by atoms with Crippen LogP contribution in [0, 0.1) is 19.8 Å². The third-order valence-electron chi connectivity index (χ3n) is 3.80. The zero-order chi connectivity index (χ0) is 14.5. The number of aliphatic hydroxyl groups is 1. The van der Waals surface area contributed by atoms with Gasteiger partial charge in [-0.3, -0.25) is 4.79 Å². The van der Waals surface area contributed by atoms with Gasteiger partial charge in [0.2, 0.25) is 5.91 Å². The summed E-state index contributed by atoms with van der Waals surface area (Å²) >= 11 is 0. The maximum Gasteiger partial charge on any atom is 0.223 e. The number of rotatable bonds is 5. The maximum absolute atomic E-state index is 11.9. The van der Waals surface area contributed by atoms with Gasteiger partial charge in [0.05, 0.1) is 6.10 Å². The van der Waals surface area contributed by atoms with E-state index in [1.807, 2.05) is 19.9 Å². The molecule has 4 heteroatoms. The molecule has 0 bridgehead atoms. The lowest BCUT2D eigenvalue weighted by atomic mass is 9.93. The number of carbonyl (C=O) groups is 1. The van der Waals surface area contributed by atoms with E-state index in [-0.39, 0.29) is 11.8 Å². The van der Waals surface area contributed by atoms with Crippen LogP contribution in [0.2, 0.25) is 0 Å². The van der Waals surface area contributed by atoms with Crippen LogP contribution >= 0.6 is 0 Å². The van der Waals surface area contributed by atoms with Crippen molar-refractivity contribution < 1.29 is 14.3 Å². The van der Waals surface area contributed by atoms with Crippen molar-refractivity contribution in [3.63, 3.8) is 0 Å². The minimum atomic E-state index is -0.584. The molecule has 0 aromatic carbocycles. The minimum absolute atomic E-state index is 0.0926. The lowest BCUT2D eigenvalue weighted by molar-refractivity contribution is -0.125. The lowest BCUT2D eigenvalue weighted by Crippen LogP contribution is -2.32. The Morgan fingerprint density at radius 3 is 2.90 bits per heavy atom. The summed E-state index contributed by atoms with van der Waals surface area (Å²) in [6.07, 6.45) is 6.85. The number of aryl methyl sites for hydroxylation is 2. The predicted molar refractivity (Wildman–Crippen MR) is 77.2 cm³/mol. The van der Waals surface area contributed by atoms with E-state index in [0.29, 0.717) is 13.0 Å². The minimum Gasteiger partial charge on any atom is -0.466 e. The fourth-order valence-corrected chi connectivity index (χ4v) is 2.64. The van der Waals surface area contributed by atoms with Crippen molar-refractivity contribution >= 4 is 5.91 Å². The van der Waals surface area contributed by atoms with Crippen LogP contribution in [-0.2, 0) is 4.79 Å². The van der Waals surface area contributed by atoms with Gasteiger partial charge in [-0.2, -0.15) is 0 Å². The second-order valence-electron chi connectivity index (χ2n) is 5.45. The van der Waals surface area contributed by atoms with Crippen LogP contribution < -0.4 is 5.32 Å². The van der Waals surface area contributed by atoms with Gasteiger partial charge in [-0.25, -0.2) is 0 Å². The highest BCUT2D eigenvalue weighted by Gasteiger charge is 2.19. The number of furan rings is 1. The second-order valence-corrected chi connectivity index (χ2v) is 5.45. The van der Waals surface area contributed by atoms with Crippen molar-refractivity contribution in [2.75, 3.05) is 6.54 Å². The van der Waals surface area contributed by atoms with Crippen molar-refractivity contribution in [2.45, 2.75) is 45.6 Å². The summed E-state index contributed by atoms with van der Waals surface area (Å²) in [6.45, 7) is 4.20. The molecule has 2 rings (SSSR count). The Morgan fingerprint density at radius 2 is 2.30 bits per heavy atom. The van der Waals surface area contributed by atoms with Crippen LogP contribution in [0.1, 0.15) is 48.9 Å². The Labute approximate surface area is 119 Å². The molecule has 2 atom stereocenters. The average molecular weight is 277 g/mol. The lowest BCUT2D eigenvalue weighted by Gasteiger charge is -2.18. The number of hydrogen-bond donors (Lipinski definition) is 2. The van der Waals surface area contributed by atoms with E-state index in [2.05, 4.69) is 17.5 Å². The SMILES string of the molecule is Cc1cc([C@@H](O)CCNC(=O)[C@@H]2CC=CCC2)c(C)o1. The van der Waals surface area contributed by atoms with Crippen molar-refractivity contribution in [3.8, 4) is 0 Å². The van der Waals surface area contributed by atoms with Crippen LogP contribution in [-0.4, -0.2) is 17.6 Å². The number of nitrogens with one attached hydrogen (secondary N) is 1. The van der Waals surface area contributed by atoms with E-state index >= 15 is 0 Å². The average Bonchev–Trinajstić information content (AvgIpc) is 2.78. The number of hydrogen-bond acceptors (Lipinski definition) is 3. The highest BCUT2D eigenvalue weighted by atomic mass is 16.3. The zero-order valence-electron chi connectivity index (χ0n) is 12.2. The molecule has 1 aliphatic rings. The highest BCUT2D eigenvalue weighted by molar-refractivity contribution is 5.78. The number of allylic oxidation sites excluding steroid dienone is 2.